The minimum atomic E-state index is -0.0842. The first-order valence-corrected chi connectivity index (χ1v) is 8.80. The van der Waals surface area contributed by atoms with E-state index in [0.29, 0.717) is 29.5 Å². The number of nitrogens with zero attached hydrogens (tertiary/aromatic N) is 1. The molecule has 4 rings (SSSR count). The van der Waals surface area contributed by atoms with Crippen LogP contribution >= 0.6 is 0 Å². The van der Waals surface area contributed by atoms with Crippen LogP contribution in [0.5, 0.6) is 17.2 Å². The summed E-state index contributed by atoms with van der Waals surface area (Å²) in [5.74, 6) is 2.53. The van der Waals surface area contributed by atoms with Gasteiger partial charge in [0.25, 0.3) is 5.91 Å². The molecule has 2 aliphatic rings. The normalized spacial score (nSPS) is 18.0. The molecule has 1 fully saturated rings. The number of anilines is 1. The van der Waals surface area contributed by atoms with Crippen molar-refractivity contribution in [2.45, 2.75) is 6.42 Å². The Labute approximate surface area is 152 Å². The number of amides is 1. The van der Waals surface area contributed by atoms with Crippen LogP contribution in [-0.2, 0) is 0 Å². The predicted octanol–water partition coefficient (Wildman–Crippen LogP) is 2.68. The number of carbonyl (C=O) groups excluding carboxylic acids is 1. The average Bonchev–Trinajstić information content (AvgIpc) is 3.34. The first-order valence-electron chi connectivity index (χ1n) is 8.80. The molecule has 1 N–H and O–H groups in total. The van der Waals surface area contributed by atoms with Gasteiger partial charge in [0.2, 0.25) is 6.79 Å². The van der Waals surface area contributed by atoms with E-state index >= 15 is 0 Å². The van der Waals surface area contributed by atoms with E-state index in [1.165, 1.54) is 0 Å². The summed E-state index contributed by atoms with van der Waals surface area (Å²) in [6.45, 7) is 2.73. The van der Waals surface area contributed by atoms with Crippen molar-refractivity contribution in [1.29, 1.82) is 0 Å². The molecule has 0 bridgehead atoms. The topological polar surface area (TPSA) is 60.0 Å². The second-order valence-corrected chi connectivity index (χ2v) is 6.55. The summed E-state index contributed by atoms with van der Waals surface area (Å²) in [6.07, 6.45) is 1.04. The van der Waals surface area contributed by atoms with Crippen molar-refractivity contribution in [3.8, 4) is 17.2 Å². The molecule has 0 saturated carbocycles. The smallest absolute Gasteiger partial charge is 0.251 e. The van der Waals surface area contributed by atoms with E-state index in [9.17, 15) is 4.79 Å². The highest BCUT2D eigenvalue weighted by molar-refractivity contribution is 5.94. The van der Waals surface area contributed by atoms with Gasteiger partial charge >= 0.3 is 0 Å². The minimum Gasteiger partial charge on any atom is -0.495 e. The molecule has 136 valence electrons. The van der Waals surface area contributed by atoms with Gasteiger partial charge in [0, 0.05) is 25.2 Å². The van der Waals surface area contributed by atoms with Crippen LogP contribution in [0.2, 0.25) is 0 Å². The largest absolute Gasteiger partial charge is 0.495 e. The third-order valence-corrected chi connectivity index (χ3v) is 4.90. The molecule has 1 atom stereocenters. The van der Waals surface area contributed by atoms with Crippen molar-refractivity contribution in [2.24, 2.45) is 5.92 Å². The molecule has 6 heteroatoms. The van der Waals surface area contributed by atoms with Crippen LogP contribution in [-0.4, -0.2) is 39.4 Å². The maximum absolute atomic E-state index is 12.4. The summed E-state index contributed by atoms with van der Waals surface area (Å²) < 4.78 is 16.1. The lowest BCUT2D eigenvalue weighted by Crippen LogP contribution is -2.31. The number of methoxy groups -OCH3 is 1. The zero-order chi connectivity index (χ0) is 17.9. The Bertz CT molecular complexity index is 808. The van der Waals surface area contributed by atoms with E-state index in [1.54, 1.807) is 25.3 Å². The number of hydrogen-bond acceptors (Lipinski definition) is 5. The number of rotatable bonds is 5. The van der Waals surface area contributed by atoms with Crippen molar-refractivity contribution in [3.63, 3.8) is 0 Å². The van der Waals surface area contributed by atoms with Gasteiger partial charge in [-0.2, -0.15) is 0 Å². The lowest BCUT2D eigenvalue weighted by Gasteiger charge is -2.21. The Hall–Kier alpha value is -2.89. The van der Waals surface area contributed by atoms with Gasteiger partial charge in [0.15, 0.2) is 11.5 Å². The SMILES string of the molecule is COc1ccccc1N1CCC(CNC(=O)c2ccc3c(c2)OCO3)C1. The zero-order valence-corrected chi connectivity index (χ0v) is 14.7. The molecule has 0 aromatic heterocycles. The van der Waals surface area contributed by atoms with Gasteiger partial charge in [-0.3, -0.25) is 4.79 Å². The Morgan fingerprint density at radius 2 is 2.08 bits per heavy atom. The van der Waals surface area contributed by atoms with Gasteiger partial charge < -0.3 is 24.4 Å². The highest BCUT2D eigenvalue weighted by Gasteiger charge is 2.25. The number of benzene rings is 2. The van der Waals surface area contributed by atoms with Crippen LogP contribution in [0.4, 0.5) is 5.69 Å². The first-order chi connectivity index (χ1) is 12.7. The zero-order valence-electron chi connectivity index (χ0n) is 14.7. The van der Waals surface area contributed by atoms with Gasteiger partial charge in [-0.25, -0.2) is 0 Å². The molecule has 6 nitrogen and oxygen atoms in total. The Balaban J connectivity index is 1.33. The molecule has 0 aliphatic carbocycles. The first kappa shape index (κ1) is 16.6. The number of para-hydroxylation sites is 2. The van der Waals surface area contributed by atoms with Crippen LogP contribution in [0.25, 0.3) is 0 Å². The molecule has 26 heavy (non-hydrogen) atoms. The summed E-state index contributed by atoms with van der Waals surface area (Å²) in [5.41, 5.74) is 1.70. The van der Waals surface area contributed by atoms with Crippen molar-refractivity contribution in [3.05, 3.63) is 48.0 Å². The number of nitrogens with one attached hydrogen (secondary N) is 1. The van der Waals surface area contributed by atoms with E-state index in [1.807, 2.05) is 18.2 Å². The molecule has 2 aromatic carbocycles. The highest BCUT2D eigenvalue weighted by Crippen LogP contribution is 2.33. The lowest BCUT2D eigenvalue weighted by atomic mass is 10.1. The second-order valence-electron chi connectivity index (χ2n) is 6.55. The van der Waals surface area contributed by atoms with Crippen LogP contribution in [0.1, 0.15) is 16.8 Å². The molecule has 2 aromatic rings. The minimum absolute atomic E-state index is 0.0842. The van der Waals surface area contributed by atoms with E-state index in [-0.39, 0.29) is 12.7 Å². The van der Waals surface area contributed by atoms with Crippen molar-refractivity contribution in [1.82, 2.24) is 5.32 Å². The number of ether oxygens (including phenoxy) is 3. The molecule has 2 aliphatic heterocycles. The maximum Gasteiger partial charge on any atom is 0.251 e. The summed E-state index contributed by atoms with van der Waals surface area (Å²) in [4.78, 5) is 14.7. The average molecular weight is 354 g/mol. The van der Waals surface area contributed by atoms with Crippen molar-refractivity contribution in [2.75, 3.05) is 38.4 Å². The maximum atomic E-state index is 12.4. The summed E-state index contributed by atoms with van der Waals surface area (Å²) in [5, 5.41) is 3.04. The predicted molar refractivity (Wildman–Crippen MR) is 98.2 cm³/mol. The molecule has 2 heterocycles. The summed E-state index contributed by atoms with van der Waals surface area (Å²) >= 11 is 0. The van der Waals surface area contributed by atoms with Crippen LogP contribution in [0.3, 0.4) is 0 Å². The fraction of sp³-hybridized carbons (Fsp3) is 0.350. The van der Waals surface area contributed by atoms with Crippen LogP contribution < -0.4 is 24.4 Å². The summed E-state index contributed by atoms with van der Waals surface area (Å²) in [7, 11) is 1.69. The summed E-state index contributed by atoms with van der Waals surface area (Å²) in [6, 6.07) is 13.3. The standard InChI is InChI=1S/C20H22N2O4/c1-24-17-5-3-2-4-16(17)22-9-8-14(12-22)11-21-20(23)15-6-7-18-19(10-15)26-13-25-18/h2-7,10,14H,8-9,11-13H2,1H3,(H,21,23). The van der Waals surface area contributed by atoms with Gasteiger partial charge in [0.05, 0.1) is 12.8 Å². The second kappa shape index (κ2) is 7.15. The monoisotopic (exact) mass is 354 g/mol. The van der Waals surface area contributed by atoms with Crippen LogP contribution in [0, 0.1) is 5.92 Å². The van der Waals surface area contributed by atoms with E-state index < -0.39 is 0 Å². The van der Waals surface area contributed by atoms with Gasteiger partial charge in [-0.1, -0.05) is 12.1 Å². The molecular formula is C20H22N2O4. The highest BCUT2D eigenvalue weighted by atomic mass is 16.7. The van der Waals surface area contributed by atoms with E-state index in [2.05, 4.69) is 16.3 Å². The fourth-order valence-corrected chi connectivity index (χ4v) is 3.49. The van der Waals surface area contributed by atoms with Crippen molar-refractivity contribution < 1.29 is 19.0 Å². The van der Waals surface area contributed by atoms with Gasteiger partial charge in [-0.15, -0.1) is 0 Å². The number of fused-ring (bicyclic) bond motifs is 1. The molecule has 0 spiro atoms. The third kappa shape index (κ3) is 3.27. The van der Waals surface area contributed by atoms with Gasteiger partial charge in [-0.05, 0) is 42.7 Å². The fourth-order valence-electron chi connectivity index (χ4n) is 3.49. The third-order valence-electron chi connectivity index (χ3n) is 4.90. The Morgan fingerprint density at radius 3 is 2.96 bits per heavy atom. The molecule has 1 unspecified atom stereocenters. The molecule has 1 amide bonds. The molecule has 0 radical (unpaired) electrons. The van der Waals surface area contributed by atoms with E-state index in [0.717, 1.165) is 30.9 Å². The Kier molecular flexibility index (Phi) is 4.56. The number of carbonyl (C=O) groups is 1. The van der Waals surface area contributed by atoms with Crippen LogP contribution in [0.15, 0.2) is 42.5 Å². The lowest BCUT2D eigenvalue weighted by molar-refractivity contribution is 0.0948. The van der Waals surface area contributed by atoms with Gasteiger partial charge in [0.1, 0.15) is 5.75 Å². The Morgan fingerprint density at radius 1 is 1.23 bits per heavy atom. The quantitative estimate of drug-likeness (QED) is 0.895. The number of hydrogen-bond donors (Lipinski definition) is 1. The molecular weight excluding hydrogens is 332 g/mol. The van der Waals surface area contributed by atoms with Crippen molar-refractivity contribution >= 4 is 11.6 Å². The van der Waals surface area contributed by atoms with E-state index in [4.69, 9.17) is 14.2 Å². The molecule has 1 saturated heterocycles.